The molecule has 2 aromatic carbocycles. The summed E-state index contributed by atoms with van der Waals surface area (Å²) in [4.78, 5) is 17.4. The molecule has 1 N–H and O–H groups in total. The van der Waals surface area contributed by atoms with E-state index < -0.39 is 5.82 Å². The van der Waals surface area contributed by atoms with Crippen molar-refractivity contribution < 1.29 is 8.78 Å². The number of aromatic nitrogens is 1. The number of hydrogen-bond donors (Lipinski definition) is 1. The lowest BCUT2D eigenvalue weighted by Gasteiger charge is -2.22. The van der Waals surface area contributed by atoms with E-state index in [0.29, 0.717) is 24.2 Å². The van der Waals surface area contributed by atoms with Gasteiger partial charge in [0.1, 0.15) is 11.6 Å². The van der Waals surface area contributed by atoms with Crippen LogP contribution in [0.15, 0.2) is 53.3 Å². The summed E-state index contributed by atoms with van der Waals surface area (Å²) >= 11 is 0. The van der Waals surface area contributed by atoms with Crippen molar-refractivity contribution in [3.05, 3.63) is 81.6 Å². The van der Waals surface area contributed by atoms with Crippen LogP contribution < -0.4 is 5.43 Å². The molecule has 0 bridgehead atoms. The van der Waals surface area contributed by atoms with Gasteiger partial charge in [0.15, 0.2) is 5.43 Å². The monoisotopic (exact) mass is 342 g/mol. The lowest BCUT2D eigenvalue weighted by atomic mass is 10.1. The molecule has 0 spiro atoms. The number of nitrogens with zero attached hydrogens (tertiary/aromatic N) is 1. The van der Waals surface area contributed by atoms with Gasteiger partial charge in [0.05, 0.1) is 5.52 Å². The van der Waals surface area contributed by atoms with Gasteiger partial charge in [-0.1, -0.05) is 25.1 Å². The number of hydrogen-bond acceptors (Lipinski definition) is 2. The summed E-state index contributed by atoms with van der Waals surface area (Å²) in [6.07, 6.45) is 0.938. The van der Waals surface area contributed by atoms with Crippen molar-refractivity contribution in [2.24, 2.45) is 0 Å². The van der Waals surface area contributed by atoms with E-state index in [-0.39, 0.29) is 16.8 Å². The Morgan fingerprint density at radius 3 is 2.52 bits per heavy atom. The quantitative estimate of drug-likeness (QED) is 0.728. The van der Waals surface area contributed by atoms with Crippen LogP contribution in [0.1, 0.15) is 24.6 Å². The first-order chi connectivity index (χ1) is 12.1. The predicted octanol–water partition coefficient (Wildman–Crippen LogP) is 4.22. The number of halogens is 2. The average molecular weight is 342 g/mol. The molecule has 0 saturated carbocycles. The zero-order valence-corrected chi connectivity index (χ0v) is 14.1. The first-order valence-corrected chi connectivity index (χ1v) is 8.34. The Kier molecular flexibility index (Phi) is 5.24. The molecule has 1 heterocycles. The summed E-state index contributed by atoms with van der Waals surface area (Å²) in [5, 5.41) is 0.351. The van der Waals surface area contributed by atoms with Gasteiger partial charge >= 0.3 is 0 Å². The van der Waals surface area contributed by atoms with Gasteiger partial charge in [-0.15, -0.1) is 0 Å². The molecule has 0 radical (unpaired) electrons. The topological polar surface area (TPSA) is 36.1 Å². The smallest absolute Gasteiger partial charge is 0.189 e. The van der Waals surface area contributed by atoms with Crippen molar-refractivity contribution >= 4 is 10.9 Å². The highest BCUT2D eigenvalue weighted by Gasteiger charge is 2.11. The third kappa shape index (κ3) is 4.12. The highest BCUT2D eigenvalue weighted by molar-refractivity contribution is 5.78. The molecule has 0 fully saturated rings. The number of para-hydroxylation sites is 1. The largest absolute Gasteiger partial charge is 0.355 e. The van der Waals surface area contributed by atoms with E-state index in [1.165, 1.54) is 30.3 Å². The zero-order valence-electron chi connectivity index (χ0n) is 14.1. The van der Waals surface area contributed by atoms with E-state index in [4.69, 9.17) is 0 Å². The Balaban J connectivity index is 1.86. The molecule has 0 atom stereocenters. The Labute approximate surface area is 144 Å². The van der Waals surface area contributed by atoms with Crippen LogP contribution in [0, 0.1) is 11.6 Å². The molecule has 1 aromatic heterocycles. The van der Waals surface area contributed by atoms with Crippen LogP contribution in [0.2, 0.25) is 0 Å². The fourth-order valence-corrected chi connectivity index (χ4v) is 2.99. The summed E-state index contributed by atoms with van der Waals surface area (Å²) in [5.74, 6) is -0.697. The summed E-state index contributed by atoms with van der Waals surface area (Å²) < 4.78 is 27.1. The maximum atomic E-state index is 14.0. The van der Waals surface area contributed by atoms with Crippen molar-refractivity contribution in [1.82, 2.24) is 9.88 Å². The molecular formula is C20H20F2N2O. The van der Waals surface area contributed by atoms with Crippen LogP contribution in [-0.4, -0.2) is 16.4 Å². The van der Waals surface area contributed by atoms with E-state index >= 15 is 0 Å². The maximum absolute atomic E-state index is 14.0. The molecule has 3 aromatic rings. The number of H-pyrrole nitrogens is 1. The van der Waals surface area contributed by atoms with Crippen molar-refractivity contribution in [1.29, 1.82) is 0 Å². The number of pyridine rings is 1. The van der Waals surface area contributed by atoms with Gasteiger partial charge in [-0.25, -0.2) is 8.78 Å². The Morgan fingerprint density at radius 2 is 1.80 bits per heavy atom. The number of fused-ring (bicyclic) bond motifs is 1. The third-order valence-electron chi connectivity index (χ3n) is 4.12. The third-order valence-corrected chi connectivity index (χ3v) is 4.12. The van der Waals surface area contributed by atoms with Gasteiger partial charge < -0.3 is 4.98 Å². The second kappa shape index (κ2) is 7.57. The summed E-state index contributed by atoms with van der Waals surface area (Å²) in [7, 11) is 0. The van der Waals surface area contributed by atoms with Crippen LogP contribution in [0.5, 0.6) is 0 Å². The summed E-state index contributed by atoms with van der Waals surface area (Å²) in [6.45, 7) is 4.01. The van der Waals surface area contributed by atoms with Crippen LogP contribution in [0.4, 0.5) is 8.78 Å². The Bertz CT molecular complexity index is 919. The van der Waals surface area contributed by atoms with Gasteiger partial charge in [0.2, 0.25) is 0 Å². The molecule has 0 aliphatic carbocycles. The SMILES string of the molecule is CCCN(Cc1ccc(F)cc1)Cc1cc(=O)c2cccc(F)c2[nH]1. The number of nitrogens with one attached hydrogen (secondary N) is 1. The normalized spacial score (nSPS) is 11.4. The van der Waals surface area contributed by atoms with Gasteiger partial charge in [0, 0.05) is 30.2 Å². The minimum atomic E-state index is -0.433. The van der Waals surface area contributed by atoms with Crippen molar-refractivity contribution in [2.75, 3.05) is 6.54 Å². The van der Waals surface area contributed by atoms with E-state index in [2.05, 4.69) is 16.8 Å². The van der Waals surface area contributed by atoms with Crippen molar-refractivity contribution in [3.63, 3.8) is 0 Å². The van der Waals surface area contributed by atoms with E-state index in [0.717, 1.165) is 18.5 Å². The Morgan fingerprint density at radius 1 is 1.04 bits per heavy atom. The van der Waals surface area contributed by atoms with Crippen molar-refractivity contribution in [2.45, 2.75) is 26.4 Å². The first kappa shape index (κ1) is 17.3. The second-order valence-corrected chi connectivity index (χ2v) is 6.16. The molecule has 5 heteroatoms. The highest BCUT2D eigenvalue weighted by Crippen LogP contribution is 2.15. The fourth-order valence-electron chi connectivity index (χ4n) is 2.99. The van der Waals surface area contributed by atoms with Crippen LogP contribution in [-0.2, 0) is 13.1 Å². The zero-order chi connectivity index (χ0) is 17.8. The molecule has 0 amide bonds. The molecule has 3 nitrogen and oxygen atoms in total. The molecule has 0 aliphatic heterocycles. The van der Waals surface area contributed by atoms with Gasteiger partial charge in [-0.2, -0.15) is 0 Å². The standard InChI is InChI=1S/C20H20F2N2O/c1-2-10-24(12-14-6-8-15(21)9-7-14)13-16-11-19(25)17-4-3-5-18(22)20(17)23-16/h3-9,11H,2,10,12-13H2,1H3,(H,23,25). The van der Waals surface area contributed by atoms with Crippen LogP contribution in [0.25, 0.3) is 10.9 Å². The molecule has 130 valence electrons. The average Bonchev–Trinajstić information content (AvgIpc) is 2.58. The minimum absolute atomic E-state index is 0.193. The van der Waals surface area contributed by atoms with Gasteiger partial charge in [-0.3, -0.25) is 9.69 Å². The molecule has 3 rings (SSSR count). The number of benzene rings is 2. The summed E-state index contributed by atoms with van der Waals surface area (Å²) in [5.41, 5.74) is 1.70. The van der Waals surface area contributed by atoms with Crippen molar-refractivity contribution in [3.8, 4) is 0 Å². The number of rotatable bonds is 6. The predicted molar refractivity (Wildman–Crippen MR) is 95.3 cm³/mol. The van der Waals surface area contributed by atoms with Gasteiger partial charge in [-0.05, 0) is 42.8 Å². The molecular weight excluding hydrogens is 322 g/mol. The molecule has 0 unspecified atom stereocenters. The Hall–Kier alpha value is -2.53. The minimum Gasteiger partial charge on any atom is -0.355 e. The van der Waals surface area contributed by atoms with Gasteiger partial charge in [0.25, 0.3) is 0 Å². The van der Waals surface area contributed by atoms with Crippen LogP contribution >= 0.6 is 0 Å². The highest BCUT2D eigenvalue weighted by atomic mass is 19.1. The first-order valence-electron chi connectivity index (χ1n) is 8.34. The van der Waals surface area contributed by atoms with E-state index in [1.54, 1.807) is 18.2 Å². The van der Waals surface area contributed by atoms with E-state index in [1.807, 2.05) is 0 Å². The van der Waals surface area contributed by atoms with E-state index in [9.17, 15) is 13.6 Å². The molecule has 25 heavy (non-hydrogen) atoms. The maximum Gasteiger partial charge on any atom is 0.189 e. The fraction of sp³-hybridized carbons (Fsp3) is 0.250. The lowest BCUT2D eigenvalue weighted by molar-refractivity contribution is 0.254. The molecule has 0 saturated heterocycles. The lowest BCUT2D eigenvalue weighted by Crippen LogP contribution is -2.25. The summed E-state index contributed by atoms with van der Waals surface area (Å²) in [6, 6.07) is 12.4. The number of aromatic amines is 1. The van der Waals surface area contributed by atoms with Crippen LogP contribution in [0.3, 0.4) is 0 Å². The second-order valence-electron chi connectivity index (χ2n) is 6.16. The molecule has 0 aliphatic rings.